The summed E-state index contributed by atoms with van der Waals surface area (Å²) >= 11 is 0. The highest BCUT2D eigenvalue weighted by Gasteiger charge is 2.15. The molecule has 0 aliphatic rings. The van der Waals surface area contributed by atoms with E-state index in [4.69, 9.17) is 4.74 Å². The third kappa shape index (κ3) is 3.93. The summed E-state index contributed by atoms with van der Waals surface area (Å²) in [4.78, 5) is 0.180. The molecule has 0 unspecified atom stereocenters. The molecule has 2 N–H and O–H groups in total. The molecular formula is C15H19NO4S. The van der Waals surface area contributed by atoms with Crippen LogP contribution < -0.4 is 9.46 Å². The number of sulfonamides is 1. The molecular weight excluding hydrogens is 290 g/mol. The third-order valence-electron chi connectivity index (χ3n) is 2.97. The van der Waals surface area contributed by atoms with E-state index in [1.165, 1.54) is 6.92 Å². The van der Waals surface area contributed by atoms with Crippen molar-refractivity contribution in [3.05, 3.63) is 36.4 Å². The summed E-state index contributed by atoms with van der Waals surface area (Å²) in [5, 5.41) is 10.9. The molecule has 2 rings (SSSR count). The van der Waals surface area contributed by atoms with E-state index in [0.717, 1.165) is 16.5 Å². The highest BCUT2D eigenvalue weighted by atomic mass is 32.2. The van der Waals surface area contributed by atoms with Crippen LogP contribution in [0.1, 0.15) is 13.8 Å². The van der Waals surface area contributed by atoms with Crippen LogP contribution in [0, 0.1) is 0 Å². The summed E-state index contributed by atoms with van der Waals surface area (Å²) in [6.07, 6.45) is -0.728. The Balaban J connectivity index is 2.32. The molecule has 5 nitrogen and oxygen atoms in total. The van der Waals surface area contributed by atoms with Gasteiger partial charge in [-0.05, 0) is 48.9 Å². The number of rotatable bonds is 6. The van der Waals surface area contributed by atoms with E-state index in [9.17, 15) is 13.5 Å². The minimum atomic E-state index is -3.61. The standard InChI is InChI=1S/C15H19NO4S/c1-3-20-14-6-4-13-9-15(7-5-12(13)8-14)21(18,19)16-10-11(2)17/h4-9,11,16-17H,3,10H2,1-2H3/t11-/m1/s1. The van der Waals surface area contributed by atoms with Gasteiger partial charge in [0.2, 0.25) is 10.0 Å². The molecule has 0 radical (unpaired) electrons. The van der Waals surface area contributed by atoms with Crippen LogP contribution in [0.4, 0.5) is 0 Å². The second-order valence-corrected chi connectivity index (χ2v) is 6.57. The summed E-state index contributed by atoms with van der Waals surface area (Å²) in [6.45, 7) is 4.01. The number of hydrogen-bond donors (Lipinski definition) is 2. The largest absolute Gasteiger partial charge is 0.494 e. The lowest BCUT2D eigenvalue weighted by Gasteiger charge is -2.10. The molecule has 0 fully saturated rings. The van der Waals surface area contributed by atoms with Crippen molar-refractivity contribution in [1.82, 2.24) is 4.72 Å². The van der Waals surface area contributed by atoms with Crippen molar-refractivity contribution in [2.24, 2.45) is 0 Å². The molecule has 0 aliphatic heterocycles. The minimum absolute atomic E-state index is 0.0103. The van der Waals surface area contributed by atoms with Gasteiger partial charge >= 0.3 is 0 Å². The maximum absolute atomic E-state index is 12.1. The Hall–Kier alpha value is -1.63. The summed E-state index contributed by atoms with van der Waals surface area (Å²) in [6, 6.07) is 10.4. The average Bonchev–Trinajstić information content (AvgIpc) is 2.45. The van der Waals surface area contributed by atoms with Crippen LogP contribution >= 0.6 is 0 Å². The molecule has 0 saturated heterocycles. The number of fused-ring (bicyclic) bond motifs is 1. The fourth-order valence-electron chi connectivity index (χ4n) is 1.94. The molecule has 0 bridgehead atoms. The van der Waals surface area contributed by atoms with Crippen molar-refractivity contribution in [1.29, 1.82) is 0 Å². The van der Waals surface area contributed by atoms with Crippen LogP contribution in [-0.2, 0) is 10.0 Å². The van der Waals surface area contributed by atoms with Crippen LogP contribution in [-0.4, -0.2) is 32.8 Å². The summed E-state index contributed by atoms with van der Waals surface area (Å²) in [5.41, 5.74) is 0. The fourth-order valence-corrected chi connectivity index (χ4v) is 3.10. The number of hydrogen-bond acceptors (Lipinski definition) is 4. The zero-order valence-electron chi connectivity index (χ0n) is 12.0. The number of ether oxygens (including phenoxy) is 1. The van der Waals surface area contributed by atoms with E-state index >= 15 is 0 Å². The Morgan fingerprint density at radius 3 is 2.52 bits per heavy atom. The molecule has 0 saturated carbocycles. The van der Waals surface area contributed by atoms with Gasteiger partial charge in [0, 0.05) is 6.54 Å². The lowest BCUT2D eigenvalue weighted by molar-refractivity contribution is 0.198. The van der Waals surface area contributed by atoms with E-state index in [1.54, 1.807) is 18.2 Å². The molecule has 114 valence electrons. The van der Waals surface area contributed by atoms with Crippen molar-refractivity contribution in [3.63, 3.8) is 0 Å². The van der Waals surface area contributed by atoms with Crippen molar-refractivity contribution in [3.8, 4) is 5.75 Å². The monoisotopic (exact) mass is 309 g/mol. The molecule has 0 aliphatic carbocycles. The van der Waals surface area contributed by atoms with Gasteiger partial charge in [0.1, 0.15) is 5.75 Å². The number of aliphatic hydroxyl groups is 1. The molecule has 21 heavy (non-hydrogen) atoms. The van der Waals surface area contributed by atoms with Gasteiger partial charge in [0.05, 0.1) is 17.6 Å². The quantitative estimate of drug-likeness (QED) is 0.854. The molecule has 0 spiro atoms. The Kier molecular flexibility index (Phi) is 4.82. The Bertz CT molecular complexity index is 726. The first-order valence-corrected chi connectivity index (χ1v) is 8.25. The smallest absolute Gasteiger partial charge is 0.240 e. The Labute approximate surface area is 124 Å². The van der Waals surface area contributed by atoms with Crippen molar-refractivity contribution in [2.75, 3.05) is 13.2 Å². The zero-order valence-corrected chi connectivity index (χ0v) is 12.9. The van der Waals surface area contributed by atoms with Crippen LogP contribution in [0.3, 0.4) is 0 Å². The van der Waals surface area contributed by atoms with Gasteiger partial charge in [-0.25, -0.2) is 13.1 Å². The predicted molar refractivity (Wildman–Crippen MR) is 82.0 cm³/mol. The maximum Gasteiger partial charge on any atom is 0.240 e. The van der Waals surface area contributed by atoms with E-state index in [0.29, 0.717) is 6.61 Å². The van der Waals surface area contributed by atoms with E-state index in [-0.39, 0.29) is 11.4 Å². The summed E-state index contributed by atoms with van der Waals surface area (Å²) < 4.78 is 32.0. The maximum atomic E-state index is 12.1. The SMILES string of the molecule is CCOc1ccc2cc(S(=O)(=O)NC[C@@H](C)O)ccc2c1. The van der Waals surface area contributed by atoms with E-state index in [1.807, 2.05) is 25.1 Å². The molecule has 1 atom stereocenters. The summed E-state index contributed by atoms with van der Waals surface area (Å²) in [7, 11) is -3.61. The van der Waals surface area contributed by atoms with Gasteiger partial charge in [-0.1, -0.05) is 12.1 Å². The van der Waals surface area contributed by atoms with Crippen molar-refractivity contribution < 1.29 is 18.3 Å². The lowest BCUT2D eigenvalue weighted by Crippen LogP contribution is -2.30. The predicted octanol–water partition coefficient (Wildman–Crippen LogP) is 1.90. The average molecular weight is 309 g/mol. The minimum Gasteiger partial charge on any atom is -0.494 e. The van der Waals surface area contributed by atoms with Crippen LogP contribution in [0.25, 0.3) is 10.8 Å². The van der Waals surface area contributed by atoms with Gasteiger partial charge in [0.15, 0.2) is 0 Å². The van der Waals surface area contributed by atoms with Crippen molar-refractivity contribution >= 4 is 20.8 Å². The molecule has 2 aromatic carbocycles. The second kappa shape index (κ2) is 6.43. The Morgan fingerprint density at radius 2 is 1.86 bits per heavy atom. The lowest BCUT2D eigenvalue weighted by atomic mass is 10.1. The van der Waals surface area contributed by atoms with Gasteiger partial charge in [-0.2, -0.15) is 0 Å². The molecule has 0 aromatic heterocycles. The van der Waals surface area contributed by atoms with Crippen LogP contribution in [0.2, 0.25) is 0 Å². The summed E-state index contributed by atoms with van der Waals surface area (Å²) in [5.74, 6) is 0.757. The van der Waals surface area contributed by atoms with Gasteiger partial charge in [0.25, 0.3) is 0 Å². The topological polar surface area (TPSA) is 75.6 Å². The molecule has 0 amide bonds. The third-order valence-corrected chi connectivity index (χ3v) is 4.39. The Morgan fingerprint density at radius 1 is 1.19 bits per heavy atom. The van der Waals surface area contributed by atoms with E-state index < -0.39 is 16.1 Å². The van der Waals surface area contributed by atoms with Crippen LogP contribution in [0.5, 0.6) is 5.75 Å². The normalized spacial score (nSPS) is 13.3. The molecule has 6 heteroatoms. The first-order valence-electron chi connectivity index (χ1n) is 6.76. The number of benzene rings is 2. The van der Waals surface area contributed by atoms with E-state index in [2.05, 4.69) is 4.72 Å². The number of nitrogens with one attached hydrogen (secondary N) is 1. The molecule has 0 heterocycles. The number of aliphatic hydroxyl groups excluding tert-OH is 1. The highest BCUT2D eigenvalue weighted by Crippen LogP contribution is 2.23. The fraction of sp³-hybridized carbons (Fsp3) is 0.333. The highest BCUT2D eigenvalue weighted by molar-refractivity contribution is 7.89. The molecule has 2 aromatic rings. The van der Waals surface area contributed by atoms with Crippen LogP contribution in [0.15, 0.2) is 41.3 Å². The zero-order chi connectivity index (χ0) is 15.5. The van der Waals surface area contributed by atoms with Gasteiger partial charge in [-0.15, -0.1) is 0 Å². The second-order valence-electron chi connectivity index (χ2n) is 4.80. The first-order chi connectivity index (χ1) is 9.92. The first kappa shape index (κ1) is 15.8. The van der Waals surface area contributed by atoms with Gasteiger partial charge in [-0.3, -0.25) is 0 Å². The van der Waals surface area contributed by atoms with Gasteiger partial charge < -0.3 is 9.84 Å². The van der Waals surface area contributed by atoms with Crippen molar-refractivity contribution in [2.45, 2.75) is 24.8 Å².